The third kappa shape index (κ3) is 3.70. The summed E-state index contributed by atoms with van der Waals surface area (Å²) in [5.41, 5.74) is 6.88. The lowest BCUT2D eigenvalue weighted by atomic mass is 9.94. The maximum atomic E-state index is 5.77. The first-order valence-electron chi connectivity index (χ1n) is 11.2. The zero-order chi connectivity index (χ0) is 22.9. The molecule has 1 unspecified atom stereocenters. The van der Waals surface area contributed by atoms with Gasteiger partial charge < -0.3 is 19.2 Å². The molecular weight excluding hydrogens is 414 g/mol. The van der Waals surface area contributed by atoms with Gasteiger partial charge in [-0.05, 0) is 43.2 Å². The number of benzene rings is 2. The normalized spacial score (nSPS) is 15.9. The van der Waals surface area contributed by atoms with Gasteiger partial charge in [0.15, 0.2) is 11.5 Å². The van der Waals surface area contributed by atoms with Crippen LogP contribution in [0.5, 0.6) is 17.2 Å². The van der Waals surface area contributed by atoms with Crippen LogP contribution in [0.1, 0.15) is 34.3 Å². The molecule has 6 heteroatoms. The number of nitrogens with zero attached hydrogens (tertiary/aromatic N) is 2. The van der Waals surface area contributed by atoms with Crippen LogP contribution in [0.25, 0.3) is 10.9 Å². The van der Waals surface area contributed by atoms with Crippen molar-refractivity contribution >= 4 is 10.9 Å². The second kappa shape index (κ2) is 8.79. The van der Waals surface area contributed by atoms with Gasteiger partial charge in [-0.1, -0.05) is 30.3 Å². The van der Waals surface area contributed by atoms with Crippen molar-refractivity contribution in [1.29, 1.82) is 0 Å². The van der Waals surface area contributed by atoms with Crippen LogP contribution in [0.2, 0.25) is 0 Å². The number of rotatable bonds is 6. The van der Waals surface area contributed by atoms with Gasteiger partial charge in [0, 0.05) is 40.9 Å². The van der Waals surface area contributed by atoms with E-state index in [-0.39, 0.29) is 6.04 Å². The molecule has 1 aliphatic rings. The molecule has 0 bridgehead atoms. The average Bonchev–Trinajstić information content (AvgIpc) is 3.22. The molecular formula is C27H29N3O3. The second-order valence-corrected chi connectivity index (χ2v) is 8.38. The molecule has 33 heavy (non-hydrogen) atoms. The fraction of sp³-hybridized carbons (Fsp3) is 0.296. The van der Waals surface area contributed by atoms with Gasteiger partial charge in [0.2, 0.25) is 5.75 Å². The Kier molecular flexibility index (Phi) is 5.68. The number of pyridine rings is 1. The molecule has 1 N–H and O–H groups in total. The summed E-state index contributed by atoms with van der Waals surface area (Å²) in [5, 5.41) is 1.30. The summed E-state index contributed by atoms with van der Waals surface area (Å²) in [6, 6.07) is 18.8. The van der Waals surface area contributed by atoms with Gasteiger partial charge in [0.05, 0.1) is 33.1 Å². The molecule has 0 aliphatic carbocycles. The number of nitrogens with one attached hydrogen (secondary N) is 1. The third-order valence-electron chi connectivity index (χ3n) is 6.48. The van der Waals surface area contributed by atoms with Crippen LogP contribution < -0.4 is 14.2 Å². The SMILES string of the molecule is COc1ccc(CN2CCc3c([nH]c4ccccc34)C2c2cccc(C)n2)c(OC)c1OC. The van der Waals surface area contributed by atoms with Crippen LogP contribution in [0, 0.1) is 6.92 Å². The zero-order valence-electron chi connectivity index (χ0n) is 19.5. The van der Waals surface area contributed by atoms with Gasteiger partial charge in [0.1, 0.15) is 0 Å². The molecule has 3 heterocycles. The fourth-order valence-electron chi connectivity index (χ4n) is 5.02. The number of fused-ring (bicyclic) bond motifs is 3. The molecule has 0 saturated heterocycles. The van der Waals surface area contributed by atoms with E-state index < -0.39 is 0 Å². The highest BCUT2D eigenvalue weighted by molar-refractivity contribution is 5.85. The summed E-state index contributed by atoms with van der Waals surface area (Å²) in [6.45, 7) is 3.64. The second-order valence-electron chi connectivity index (χ2n) is 8.38. The number of para-hydroxylation sites is 1. The van der Waals surface area contributed by atoms with E-state index in [0.717, 1.165) is 29.9 Å². The summed E-state index contributed by atoms with van der Waals surface area (Å²) < 4.78 is 16.9. The summed E-state index contributed by atoms with van der Waals surface area (Å²) in [4.78, 5) is 11.1. The molecule has 5 rings (SSSR count). The Hall–Kier alpha value is -3.51. The zero-order valence-corrected chi connectivity index (χ0v) is 19.5. The predicted octanol–water partition coefficient (Wildman–Crippen LogP) is 5.04. The monoisotopic (exact) mass is 443 g/mol. The van der Waals surface area contributed by atoms with Crippen molar-refractivity contribution < 1.29 is 14.2 Å². The van der Waals surface area contributed by atoms with Crippen molar-refractivity contribution in [2.75, 3.05) is 27.9 Å². The lowest BCUT2D eigenvalue weighted by Crippen LogP contribution is -2.36. The highest BCUT2D eigenvalue weighted by atomic mass is 16.5. The number of aromatic amines is 1. The van der Waals surface area contributed by atoms with Crippen LogP contribution >= 0.6 is 0 Å². The highest BCUT2D eigenvalue weighted by Gasteiger charge is 2.33. The summed E-state index contributed by atoms with van der Waals surface area (Å²) in [5.74, 6) is 1.98. The number of H-pyrrole nitrogens is 1. The molecule has 4 aromatic rings. The molecule has 2 aromatic carbocycles. The molecule has 6 nitrogen and oxygen atoms in total. The van der Waals surface area contributed by atoms with E-state index in [9.17, 15) is 0 Å². The summed E-state index contributed by atoms with van der Waals surface area (Å²) in [7, 11) is 4.95. The van der Waals surface area contributed by atoms with Crippen molar-refractivity contribution in [1.82, 2.24) is 14.9 Å². The van der Waals surface area contributed by atoms with Gasteiger partial charge in [-0.15, -0.1) is 0 Å². The fourth-order valence-corrected chi connectivity index (χ4v) is 5.02. The number of ether oxygens (including phenoxy) is 3. The van der Waals surface area contributed by atoms with Crippen molar-refractivity contribution in [2.24, 2.45) is 0 Å². The maximum Gasteiger partial charge on any atom is 0.203 e. The van der Waals surface area contributed by atoms with Crippen molar-refractivity contribution in [2.45, 2.75) is 25.9 Å². The molecule has 0 radical (unpaired) electrons. The average molecular weight is 444 g/mol. The number of hydrogen-bond donors (Lipinski definition) is 1. The van der Waals surface area contributed by atoms with Crippen molar-refractivity contribution in [3.8, 4) is 17.2 Å². The number of aryl methyl sites for hydroxylation is 1. The quantitative estimate of drug-likeness (QED) is 0.452. The number of aromatic nitrogens is 2. The standard InChI is InChI=1S/C27H29N3O3/c1-17-8-7-11-22(28-17)25-24-20(19-9-5-6-10-21(19)29-24)14-15-30(25)16-18-12-13-23(31-2)27(33-4)26(18)32-3/h5-13,25,29H,14-16H2,1-4H3. The van der Waals surface area contributed by atoms with Crippen LogP contribution in [-0.4, -0.2) is 42.7 Å². The van der Waals surface area contributed by atoms with Gasteiger partial charge in [0.25, 0.3) is 0 Å². The highest BCUT2D eigenvalue weighted by Crippen LogP contribution is 2.43. The van der Waals surface area contributed by atoms with Crippen LogP contribution in [0.3, 0.4) is 0 Å². The summed E-state index contributed by atoms with van der Waals surface area (Å²) >= 11 is 0. The number of methoxy groups -OCH3 is 3. The minimum absolute atomic E-state index is 0.0128. The summed E-state index contributed by atoms with van der Waals surface area (Å²) in [6.07, 6.45) is 0.970. The van der Waals surface area contributed by atoms with Gasteiger partial charge in [-0.25, -0.2) is 0 Å². The molecule has 1 atom stereocenters. The Morgan fingerprint density at radius 1 is 0.939 bits per heavy atom. The Morgan fingerprint density at radius 2 is 1.76 bits per heavy atom. The van der Waals surface area contributed by atoms with Gasteiger partial charge in [-0.3, -0.25) is 9.88 Å². The Morgan fingerprint density at radius 3 is 2.52 bits per heavy atom. The molecule has 0 fully saturated rings. The van der Waals surface area contributed by atoms with E-state index >= 15 is 0 Å². The van der Waals surface area contributed by atoms with E-state index in [1.807, 2.05) is 19.1 Å². The first-order valence-corrected chi connectivity index (χ1v) is 11.2. The smallest absolute Gasteiger partial charge is 0.203 e. The number of hydrogen-bond acceptors (Lipinski definition) is 5. The lowest BCUT2D eigenvalue weighted by Gasteiger charge is -2.36. The molecule has 2 aromatic heterocycles. The van der Waals surface area contributed by atoms with Crippen LogP contribution in [0.15, 0.2) is 54.6 Å². The van der Waals surface area contributed by atoms with Crippen molar-refractivity contribution in [3.05, 3.63) is 82.8 Å². The van der Waals surface area contributed by atoms with Gasteiger partial charge >= 0.3 is 0 Å². The minimum Gasteiger partial charge on any atom is -0.493 e. The Bertz CT molecular complexity index is 1300. The van der Waals surface area contributed by atoms with Crippen molar-refractivity contribution in [3.63, 3.8) is 0 Å². The van der Waals surface area contributed by atoms with Gasteiger partial charge in [-0.2, -0.15) is 0 Å². The third-order valence-corrected chi connectivity index (χ3v) is 6.48. The predicted molar refractivity (Wildman–Crippen MR) is 129 cm³/mol. The molecule has 1 aliphatic heterocycles. The maximum absolute atomic E-state index is 5.77. The minimum atomic E-state index is 0.0128. The van der Waals surface area contributed by atoms with Crippen LogP contribution in [-0.2, 0) is 13.0 Å². The van der Waals surface area contributed by atoms with E-state index in [0.29, 0.717) is 23.8 Å². The molecule has 170 valence electrons. The Balaban J connectivity index is 1.61. The first-order chi connectivity index (χ1) is 16.1. The van der Waals surface area contributed by atoms with E-state index in [1.54, 1.807) is 21.3 Å². The van der Waals surface area contributed by atoms with Crippen LogP contribution in [0.4, 0.5) is 0 Å². The molecule has 0 spiro atoms. The Labute approximate surface area is 194 Å². The van der Waals surface area contributed by atoms with E-state index in [4.69, 9.17) is 19.2 Å². The van der Waals surface area contributed by atoms with E-state index in [2.05, 4.69) is 52.3 Å². The first kappa shape index (κ1) is 21.3. The lowest BCUT2D eigenvalue weighted by molar-refractivity contribution is 0.195. The molecule has 0 amide bonds. The van der Waals surface area contributed by atoms with E-state index in [1.165, 1.54) is 22.2 Å². The largest absolute Gasteiger partial charge is 0.493 e. The topological polar surface area (TPSA) is 59.6 Å². The molecule has 0 saturated carbocycles.